The van der Waals surface area contributed by atoms with E-state index >= 15 is 0 Å². The topological polar surface area (TPSA) is 79.0 Å². The Morgan fingerprint density at radius 2 is 1.66 bits per heavy atom. The molecule has 1 aliphatic carbocycles. The molecule has 0 atom stereocenters. The first-order valence-electron chi connectivity index (χ1n) is 12.1. The fraction of sp³-hybridized carbons (Fsp3) is 0.708. The fourth-order valence-electron chi connectivity index (χ4n) is 5.47. The molecule has 2 saturated heterocycles. The van der Waals surface area contributed by atoms with Crippen molar-refractivity contribution in [3.05, 3.63) is 29.8 Å². The Balaban J connectivity index is 1.32. The standard InChI is InChI=1S/C24H37N3O4S/c1-20-5-7-22(8-6-20)32(29,30)27-13-9-21(10-14-27)23(28)25-19-24(11-3-2-4-12-24)26-15-17-31-18-16-26/h5-8,21H,2-4,9-19H2,1H3,(H,25,28). The molecular weight excluding hydrogens is 426 g/mol. The number of piperidine rings is 1. The van der Waals surface area contributed by atoms with Gasteiger partial charge >= 0.3 is 0 Å². The molecule has 2 aliphatic heterocycles. The predicted octanol–water partition coefficient (Wildman–Crippen LogP) is 2.55. The van der Waals surface area contributed by atoms with Gasteiger partial charge in [0.25, 0.3) is 0 Å². The summed E-state index contributed by atoms with van der Waals surface area (Å²) in [5, 5.41) is 3.26. The normalized spacial score (nSPS) is 23.7. The van der Waals surface area contributed by atoms with Gasteiger partial charge in [-0.25, -0.2) is 8.42 Å². The van der Waals surface area contributed by atoms with Gasteiger partial charge < -0.3 is 10.1 Å². The number of morpholine rings is 1. The number of benzene rings is 1. The second-order valence-corrected chi connectivity index (χ2v) is 11.5. The number of hydrogen-bond donors (Lipinski definition) is 1. The molecule has 1 aromatic carbocycles. The van der Waals surface area contributed by atoms with E-state index in [0.29, 0.717) is 37.4 Å². The minimum Gasteiger partial charge on any atom is -0.379 e. The fourth-order valence-corrected chi connectivity index (χ4v) is 6.94. The third kappa shape index (κ3) is 5.19. The van der Waals surface area contributed by atoms with Crippen molar-refractivity contribution in [2.75, 3.05) is 45.9 Å². The van der Waals surface area contributed by atoms with Gasteiger partial charge in [0.1, 0.15) is 0 Å². The SMILES string of the molecule is Cc1ccc(S(=O)(=O)N2CCC(C(=O)NCC3(N4CCOCC4)CCCCC3)CC2)cc1. The summed E-state index contributed by atoms with van der Waals surface area (Å²) in [5.74, 6) is -0.0413. The number of carbonyl (C=O) groups excluding carboxylic acids is 1. The van der Waals surface area contributed by atoms with Crippen molar-refractivity contribution < 1.29 is 17.9 Å². The Kier molecular flexibility index (Phi) is 7.54. The van der Waals surface area contributed by atoms with Gasteiger partial charge in [-0.05, 0) is 44.7 Å². The van der Waals surface area contributed by atoms with E-state index in [9.17, 15) is 13.2 Å². The third-order valence-corrected chi connectivity index (χ3v) is 9.45. The van der Waals surface area contributed by atoms with Crippen molar-refractivity contribution in [3.8, 4) is 0 Å². The van der Waals surface area contributed by atoms with Crippen molar-refractivity contribution >= 4 is 15.9 Å². The van der Waals surface area contributed by atoms with E-state index in [-0.39, 0.29) is 17.4 Å². The number of nitrogens with one attached hydrogen (secondary N) is 1. The third-order valence-electron chi connectivity index (χ3n) is 7.54. The average Bonchev–Trinajstić information content (AvgIpc) is 2.84. The van der Waals surface area contributed by atoms with E-state index in [4.69, 9.17) is 4.74 Å². The van der Waals surface area contributed by atoms with Crippen LogP contribution in [-0.4, -0.2) is 75.0 Å². The summed E-state index contributed by atoms with van der Waals surface area (Å²) < 4.78 is 32.9. The van der Waals surface area contributed by atoms with Crippen molar-refractivity contribution in [1.82, 2.24) is 14.5 Å². The maximum Gasteiger partial charge on any atom is 0.243 e. The zero-order chi connectivity index (χ0) is 22.6. The lowest BCUT2D eigenvalue weighted by atomic mass is 9.79. The summed E-state index contributed by atoms with van der Waals surface area (Å²) in [6, 6.07) is 6.97. The molecule has 7 nitrogen and oxygen atoms in total. The van der Waals surface area contributed by atoms with E-state index in [0.717, 1.165) is 44.7 Å². The van der Waals surface area contributed by atoms with Crippen LogP contribution in [0.4, 0.5) is 0 Å². The van der Waals surface area contributed by atoms with Gasteiger partial charge in [0.15, 0.2) is 0 Å². The Hall–Kier alpha value is -1.48. The number of hydrogen-bond acceptors (Lipinski definition) is 5. The van der Waals surface area contributed by atoms with Crippen LogP contribution >= 0.6 is 0 Å². The molecule has 8 heteroatoms. The maximum atomic E-state index is 13.0. The molecular formula is C24H37N3O4S. The Morgan fingerprint density at radius 1 is 1.03 bits per heavy atom. The molecule has 3 fully saturated rings. The zero-order valence-corrected chi connectivity index (χ0v) is 20.0. The number of nitrogens with zero attached hydrogens (tertiary/aromatic N) is 2. The van der Waals surface area contributed by atoms with Gasteiger partial charge in [-0.2, -0.15) is 4.31 Å². The number of ether oxygens (including phenoxy) is 1. The number of amides is 1. The number of sulfonamides is 1. The van der Waals surface area contributed by atoms with Crippen LogP contribution in [0.15, 0.2) is 29.2 Å². The molecule has 32 heavy (non-hydrogen) atoms. The van der Waals surface area contributed by atoms with Crippen LogP contribution in [0.1, 0.15) is 50.5 Å². The maximum absolute atomic E-state index is 13.0. The monoisotopic (exact) mass is 463 g/mol. The van der Waals surface area contributed by atoms with Crippen molar-refractivity contribution in [3.63, 3.8) is 0 Å². The van der Waals surface area contributed by atoms with Gasteiger partial charge in [0, 0.05) is 44.2 Å². The lowest BCUT2D eigenvalue weighted by Gasteiger charge is -2.48. The first kappa shape index (κ1) is 23.7. The van der Waals surface area contributed by atoms with E-state index in [1.165, 1.54) is 23.6 Å². The predicted molar refractivity (Wildman–Crippen MR) is 124 cm³/mol. The lowest BCUT2D eigenvalue weighted by molar-refractivity contribution is -0.127. The highest BCUT2D eigenvalue weighted by Gasteiger charge is 2.40. The average molecular weight is 464 g/mol. The molecule has 1 aromatic rings. The second kappa shape index (κ2) is 10.2. The molecule has 0 spiro atoms. The van der Waals surface area contributed by atoms with E-state index in [1.807, 2.05) is 19.1 Å². The highest BCUT2D eigenvalue weighted by atomic mass is 32.2. The van der Waals surface area contributed by atoms with Gasteiger partial charge in [-0.15, -0.1) is 0 Å². The summed E-state index contributed by atoms with van der Waals surface area (Å²) in [6.07, 6.45) is 7.09. The summed E-state index contributed by atoms with van der Waals surface area (Å²) in [7, 11) is -3.50. The van der Waals surface area contributed by atoms with Crippen LogP contribution in [0.3, 0.4) is 0 Å². The van der Waals surface area contributed by atoms with Crippen molar-refractivity contribution in [2.45, 2.75) is 62.3 Å². The number of carbonyl (C=O) groups is 1. The lowest BCUT2D eigenvalue weighted by Crippen LogP contribution is -2.60. The first-order chi connectivity index (χ1) is 15.4. The van der Waals surface area contributed by atoms with Crippen LogP contribution in [0.2, 0.25) is 0 Å². The van der Waals surface area contributed by atoms with Crippen LogP contribution in [0, 0.1) is 12.8 Å². The molecule has 178 valence electrons. The Morgan fingerprint density at radius 3 is 2.28 bits per heavy atom. The van der Waals surface area contributed by atoms with Crippen LogP contribution in [0.5, 0.6) is 0 Å². The minimum absolute atomic E-state index is 0.0488. The summed E-state index contributed by atoms with van der Waals surface area (Å²) in [4.78, 5) is 15.9. The zero-order valence-electron chi connectivity index (χ0n) is 19.2. The summed E-state index contributed by atoms with van der Waals surface area (Å²) in [6.45, 7) is 6.82. The van der Waals surface area contributed by atoms with Crippen LogP contribution < -0.4 is 5.32 Å². The molecule has 0 aromatic heterocycles. The molecule has 1 N–H and O–H groups in total. The van der Waals surface area contributed by atoms with Crippen molar-refractivity contribution in [1.29, 1.82) is 0 Å². The smallest absolute Gasteiger partial charge is 0.243 e. The molecule has 2 heterocycles. The second-order valence-electron chi connectivity index (χ2n) is 9.59. The van der Waals surface area contributed by atoms with Crippen LogP contribution in [0.25, 0.3) is 0 Å². The molecule has 1 amide bonds. The highest BCUT2D eigenvalue weighted by Crippen LogP contribution is 2.34. The first-order valence-corrected chi connectivity index (χ1v) is 13.5. The molecule has 4 rings (SSSR count). The molecule has 0 unspecified atom stereocenters. The van der Waals surface area contributed by atoms with Crippen molar-refractivity contribution in [2.24, 2.45) is 5.92 Å². The van der Waals surface area contributed by atoms with Crippen LogP contribution in [-0.2, 0) is 19.6 Å². The summed E-state index contributed by atoms with van der Waals surface area (Å²) >= 11 is 0. The largest absolute Gasteiger partial charge is 0.379 e. The van der Waals surface area contributed by atoms with Gasteiger partial charge in [0.05, 0.1) is 18.1 Å². The van der Waals surface area contributed by atoms with E-state index < -0.39 is 10.0 Å². The van der Waals surface area contributed by atoms with Gasteiger partial charge in [0.2, 0.25) is 15.9 Å². The molecule has 0 radical (unpaired) electrons. The number of rotatable bonds is 6. The Bertz CT molecular complexity index is 867. The Labute approximate surface area is 192 Å². The van der Waals surface area contributed by atoms with Gasteiger partial charge in [-0.1, -0.05) is 37.0 Å². The molecule has 1 saturated carbocycles. The molecule has 3 aliphatic rings. The van der Waals surface area contributed by atoms with E-state index in [1.54, 1.807) is 12.1 Å². The summed E-state index contributed by atoms with van der Waals surface area (Å²) in [5.41, 5.74) is 1.08. The highest BCUT2D eigenvalue weighted by molar-refractivity contribution is 7.89. The minimum atomic E-state index is -3.50. The molecule has 0 bridgehead atoms. The van der Waals surface area contributed by atoms with E-state index in [2.05, 4.69) is 10.2 Å². The van der Waals surface area contributed by atoms with Gasteiger partial charge in [-0.3, -0.25) is 9.69 Å². The number of aryl methyl sites for hydroxylation is 1. The quantitative estimate of drug-likeness (QED) is 0.702.